The molecule has 0 saturated heterocycles. The van der Waals surface area contributed by atoms with Crippen LogP contribution in [0.3, 0.4) is 0 Å². The second-order valence-corrected chi connectivity index (χ2v) is 2.43. The topological polar surface area (TPSA) is 53.6 Å². The van der Waals surface area contributed by atoms with Gasteiger partial charge in [0.2, 0.25) is 0 Å². The molecule has 0 aromatic carbocycles. The van der Waals surface area contributed by atoms with Crippen LogP contribution in [0.1, 0.15) is 6.42 Å². The van der Waals surface area contributed by atoms with Crippen LogP contribution < -0.4 is 5.32 Å². The Balaban J connectivity index is 2.01. The van der Waals surface area contributed by atoms with Gasteiger partial charge in [-0.1, -0.05) is 0 Å². The minimum atomic E-state index is 0.569. The summed E-state index contributed by atoms with van der Waals surface area (Å²) in [4.78, 5) is 0. The first-order chi connectivity index (χ1) is 5.93. The van der Waals surface area contributed by atoms with Gasteiger partial charge in [0.1, 0.15) is 0 Å². The average molecular weight is 164 g/mol. The van der Waals surface area contributed by atoms with Crippen molar-refractivity contribution in [2.24, 2.45) is 0 Å². The molecule has 0 unspecified atom stereocenters. The lowest BCUT2D eigenvalue weighted by molar-refractivity contribution is 0.559. The summed E-state index contributed by atoms with van der Waals surface area (Å²) >= 11 is 0. The van der Waals surface area contributed by atoms with Gasteiger partial charge in [-0.2, -0.15) is 10.4 Å². The summed E-state index contributed by atoms with van der Waals surface area (Å²) in [6.45, 7) is 2.49. The minimum absolute atomic E-state index is 0.569. The molecule has 1 N–H and O–H groups in total. The van der Waals surface area contributed by atoms with Crippen molar-refractivity contribution in [3.8, 4) is 6.07 Å². The number of hydrogen-bond donors (Lipinski definition) is 1. The summed E-state index contributed by atoms with van der Waals surface area (Å²) in [6.07, 6.45) is 4.25. The predicted molar refractivity (Wildman–Crippen MR) is 45.3 cm³/mol. The van der Waals surface area contributed by atoms with E-state index >= 15 is 0 Å². The van der Waals surface area contributed by atoms with Gasteiger partial charge < -0.3 is 5.32 Å². The van der Waals surface area contributed by atoms with Crippen molar-refractivity contribution in [2.75, 3.05) is 13.1 Å². The van der Waals surface area contributed by atoms with E-state index in [-0.39, 0.29) is 0 Å². The quantitative estimate of drug-likeness (QED) is 0.640. The lowest BCUT2D eigenvalue weighted by Crippen LogP contribution is -2.20. The van der Waals surface area contributed by atoms with Crippen molar-refractivity contribution >= 4 is 0 Å². The summed E-state index contributed by atoms with van der Waals surface area (Å²) < 4.78 is 1.86. The zero-order valence-corrected chi connectivity index (χ0v) is 6.90. The number of hydrogen-bond acceptors (Lipinski definition) is 3. The van der Waals surface area contributed by atoms with Crippen LogP contribution in [0, 0.1) is 11.3 Å². The Labute approximate surface area is 71.8 Å². The molecule has 64 valence electrons. The molecule has 1 rings (SSSR count). The van der Waals surface area contributed by atoms with E-state index in [0.29, 0.717) is 6.42 Å². The van der Waals surface area contributed by atoms with Gasteiger partial charge in [0.25, 0.3) is 0 Å². The Morgan fingerprint density at radius 3 is 3.08 bits per heavy atom. The van der Waals surface area contributed by atoms with Gasteiger partial charge in [-0.3, -0.25) is 4.68 Å². The third-order valence-electron chi connectivity index (χ3n) is 1.49. The summed E-state index contributed by atoms with van der Waals surface area (Å²) in [7, 11) is 0. The van der Waals surface area contributed by atoms with Crippen LogP contribution in [0.25, 0.3) is 0 Å². The molecular formula is C8H12N4. The van der Waals surface area contributed by atoms with Crippen LogP contribution >= 0.6 is 0 Å². The van der Waals surface area contributed by atoms with Gasteiger partial charge in [-0.25, -0.2) is 0 Å². The molecule has 0 saturated carbocycles. The van der Waals surface area contributed by atoms with Gasteiger partial charge >= 0.3 is 0 Å². The van der Waals surface area contributed by atoms with E-state index in [1.54, 1.807) is 6.20 Å². The first-order valence-corrected chi connectivity index (χ1v) is 3.98. The fourth-order valence-electron chi connectivity index (χ4n) is 0.896. The SMILES string of the molecule is N#CCCNCCn1cccn1. The molecule has 1 aromatic rings. The highest BCUT2D eigenvalue weighted by atomic mass is 15.3. The molecule has 0 fully saturated rings. The molecule has 0 amide bonds. The Kier molecular flexibility index (Phi) is 3.89. The molecule has 0 aliphatic rings. The Morgan fingerprint density at radius 2 is 2.42 bits per heavy atom. The highest BCUT2D eigenvalue weighted by Crippen LogP contribution is 1.82. The number of rotatable bonds is 5. The third kappa shape index (κ3) is 3.17. The van der Waals surface area contributed by atoms with E-state index in [9.17, 15) is 0 Å². The van der Waals surface area contributed by atoms with Gasteiger partial charge in [0, 0.05) is 31.9 Å². The van der Waals surface area contributed by atoms with Crippen LogP contribution in [0.5, 0.6) is 0 Å². The average Bonchev–Trinajstić information content (AvgIpc) is 2.57. The molecule has 0 bridgehead atoms. The van der Waals surface area contributed by atoms with Gasteiger partial charge in [0.15, 0.2) is 0 Å². The van der Waals surface area contributed by atoms with E-state index < -0.39 is 0 Å². The highest BCUT2D eigenvalue weighted by molar-refractivity contribution is 4.77. The summed E-state index contributed by atoms with van der Waals surface area (Å²) in [5, 5.41) is 15.4. The molecule has 1 aromatic heterocycles. The van der Waals surface area contributed by atoms with Crippen molar-refractivity contribution in [3.63, 3.8) is 0 Å². The van der Waals surface area contributed by atoms with Crippen LogP contribution in [-0.4, -0.2) is 22.9 Å². The van der Waals surface area contributed by atoms with E-state index in [2.05, 4.69) is 16.5 Å². The predicted octanol–water partition coefficient (Wildman–Crippen LogP) is 0.386. The monoisotopic (exact) mass is 164 g/mol. The van der Waals surface area contributed by atoms with Gasteiger partial charge in [-0.05, 0) is 6.07 Å². The zero-order chi connectivity index (χ0) is 8.65. The van der Waals surface area contributed by atoms with Gasteiger partial charge in [0.05, 0.1) is 12.6 Å². The second-order valence-electron chi connectivity index (χ2n) is 2.43. The lowest BCUT2D eigenvalue weighted by Gasteiger charge is -2.01. The molecule has 4 heteroatoms. The standard InChI is InChI=1S/C8H12N4/c9-3-1-4-10-6-8-12-7-2-5-11-12/h2,5,7,10H,1,4,6,8H2. The van der Waals surface area contributed by atoms with Crippen LogP contribution in [-0.2, 0) is 6.54 Å². The first kappa shape index (κ1) is 8.75. The number of nitrogens with zero attached hydrogens (tertiary/aromatic N) is 3. The van der Waals surface area contributed by atoms with E-state index in [1.165, 1.54) is 0 Å². The molecule has 4 nitrogen and oxygen atoms in total. The van der Waals surface area contributed by atoms with Crippen LogP contribution in [0.15, 0.2) is 18.5 Å². The molecule has 0 radical (unpaired) electrons. The smallest absolute Gasteiger partial charge is 0.0635 e. The van der Waals surface area contributed by atoms with Crippen molar-refractivity contribution in [1.82, 2.24) is 15.1 Å². The van der Waals surface area contributed by atoms with E-state index in [1.807, 2.05) is 16.9 Å². The first-order valence-electron chi connectivity index (χ1n) is 3.98. The summed E-state index contributed by atoms with van der Waals surface area (Å²) in [5.74, 6) is 0. The summed E-state index contributed by atoms with van der Waals surface area (Å²) in [5.41, 5.74) is 0. The Bertz CT molecular complexity index is 234. The molecule has 12 heavy (non-hydrogen) atoms. The second kappa shape index (κ2) is 5.33. The third-order valence-corrected chi connectivity index (χ3v) is 1.49. The van der Waals surface area contributed by atoms with E-state index in [4.69, 9.17) is 5.26 Å². The molecule has 0 atom stereocenters. The largest absolute Gasteiger partial charge is 0.314 e. The molecule has 0 aliphatic carbocycles. The highest BCUT2D eigenvalue weighted by Gasteiger charge is 1.89. The minimum Gasteiger partial charge on any atom is -0.314 e. The van der Waals surface area contributed by atoms with Crippen molar-refractivity contribution in [2.45, 2.75) is 13.0 Å². The molecule has 0 aliphatic heterocycles. The van der Waals surface area contributed by atoms with Crippen LogP contribution in [0.4, 0.5) is 0 Å². The summed E-state index contributed by atoms with van der Waals surface area (Å²) in [6, 6.07) is 3.97. The van der Waals surface area contributed by atoms with Crippen molar-refractivity contribution in [1.29, 1.82) is 5.26 Å². The Morgan fingerprint density at radius 1 is 1.50 bits per heavy atom. The van der Waals surface area contributed by atoms with Gasteiger partial charge in [-0.15, -0.1) is 0 Å². The van der Waals surface area contributed by atoms with Crippen LogP contribution in [0.2, 0.25) is 0 Å². The molecule has 1 heterocycles. The maximum atomic E-state index is 8.24. The number of nitrogens with one attached hydrogen (secondary N) is 1. The molecule has 0 spiro atoms. The fraction of sp³-hybridized carbons (Fsp3) is 0.500. The maximum absolute atomic E-state index is 8.24. The number of nitriles is 1. The van der Waals surface area contributed by atoms with Crippen molar-refractivity contribution in [3.05, 3.63) is 18.5 Å². The Hall–Kier alpha value is -1.34. The number of aromatic nitrogens is 2. The zero-order valence-electron chi connectivity index (χ0n) is 6.90. The van der Waals surface area contributed by atoms with E-state index in [0.717, 1.165) is 19.6 Å². The normalized spacial score (nSPS) is 9.58. The maximum Gasteiger partial charge on any atom is 0.0635 e. The lowest BCUT2D eigenvalue weighted by atomic mass is 10.4. The fourth-order valence-corrected chi connectivity index (χ4v) is 0.896. The van der Waals surface area contributed by atoms with Crippen molar-refractivity contribution < 1.29 is 0 Å². The molecular weight excluding hydrogens is 152 g/mol.